The summed E-state index contributed by atoms with van der Waals surface area (Å²) >= 11 is 3.41. The highest BCUT2D eigenvalue weighted by molar-refractivity contribution is 9.09. The van der Waals surface area contributed by atoms with Crippen LogP contribution in [-0.4, -0.2) is 23.9 Å². The third kappa shape index (κ3) is 4.29. The smallest absolute Gasteiger partial charge is 0.254 e. The summed E-state index contributed by atoms with van der Waals surface area (Å²) in [7, 11) is 1.45. The van der Waals surface area contributed by atoms with Gasteiger partial charge in [-0.05, 0) is 25.5 Å². The third-order valence-electron chi connectivity index (χ3n) is 2.48. The second-order valence-corrected chi connectivity index (χ2v) is 5.80. The van der Waals surface area contributed by atoms with Gasteiger partial charge in [-0.1, -0.05) is 22.9 Å². The highest BCUT2D eigenvalue weighted by Crippen LogP contribution is 2.16. The van der Waals surface area contributed by atoms with E-state index in [2.05, 4.69) is 21.2 Å². The van der Waals surface area contributed by atoms with E-state index in [1.54, 1.807) is 6.07 Å². The molecule has 0 heterocycles. The summed E-state index contributed by atoms with van der Waals surface area (Å²) in [4.78, 5) is 12.1. The molecule has 2 unspecified atom stereocenters. The molecule has 1 amide bonds. The van der Waals surface area contributed by atoms with Gasteiger partial charge >= 0.3 is 0 Å². The van der Waals surface area contributed by atoms with Crippen molar-refractivity contribution >= 4 is 21.8 Å². The van der Waals surface area contributed by atoms with Gasteiger partial charge in [0.05, 0.1) is 12.7 Å². The van der Waals surface area contributed by atoms with Crippen molar-refractivity contribution in [3.8, 4) is 5.75 Å². The summed E-state index contributed by atoms with van der Waals surface area (Å²) in [6.07, 6.45) is 0.781. The molecule has 0 aliphatic rings. The summed E-state index contributed by atoms with van der Waals surface area (Å²) in [5.41, 5.74) is 0.0323. The molecule has 1 aromatic carbocycles. The van der Waals surface area contributed by atoms with E-state index in [-0.39, 0.29) is 11.6 Å². The molecule has 0 spiro atoms. The molecular formula is C13H17BrFNO2. The minimum Gasteiger partial charge on any atom is -0.497 e. The van der Waals surface area contributed by atoms with Gasteiger partial charge in [-0.25, -0.2) is 4.39 Å². The number of ether oxygens (including phenoxy) is 1. The molecule has 1 rings (SSSR count). The van der Waals surface area contributed by atoms with E-state index in [0.29, 0.717) is 10.6 Å². The predicted octanol–water partition coefficient (Wildman–Crippen LogP) is 3.13. The lowest BCUT2D eigenvalue weighted by Gasteiger charge is -2.15. The van der Waals surface area contributed by atoms with Crippen LogP contribution in [0.5, 0.6) is 5.75 Å². The van der Waals surface area contributed by atoms with Crippen LogP contribution in [0.3, 0.4) is 0 Å². The van der Waals surface area contributed by atoms with E-state index >= 15 is 0 Å². The molecule has 3 nitrogen and oxygen atoms in total. The monoisotopic (exact) mass is 317 g/mol. The zero-order valence-electron chi connectivity index (χ0n) is 10.7. The molecule has 1 aromatic rings. The van der Waals surface area contributed by atoms with Crippen molar-refractivity contribution in [2.75, 3.05) is 7.11 Å². The lowest BCUT2D eigenvalue weighted by Crippen LogP contribution is -2.34. The Morgan fingerprint density at radius 3 is 2.67 bits per heavy atom. The van der Waals surface area contributed by atoms with Gasteiger partial charge in [0, 0.05) is 16.9 Å². The second-order valence-electron chi connectivity index (χ2n) is 4.24. The number of benzene rings is 1. The largest absolute Gasteiger partial charge is 0.497 e. The highest BCUT2D eigenvalue weighted by Gasteiger charge is 2.15. The van der Waals surface area contributed by atoms with Gasteiger partial charge in [0.15, 0.2) is 0 Å². The van der Waals surface area contributed by atoms with Gasteiger partial charge in [0.2, 0.25) is 0 Å². The first-order chi connectivity index (χ1) is 8.43. The molecule has 0 bridgehead atoms. The molecule has 0 saturated carbocycles. The van der Waals surface area contributed by atoms with Gasteiger partial charge in [-0.15, -0.1) is 0 Å². The van der Waals surface area contributed by atoms with Crippen molar-refractivity contribution in [1.82, 2.24) is 5.32 Å². The number of amides is 1. The average Bonchev–Trinajstić information content (AvgIpc) is 2.27. The van der Waals surface area contributed by atoms with Gasteiger partial charge < -0.3 is 10.1 Å². The fourth-order valence-electron chi connectivity index (χ4n) is 1.65. The van der Waals surface area contributed by atoms with Crippen LogP contribution in [0.1, 0.15) is 30.6 Å². The zero-order valence-corrected chi connectivity index (χ0v) is 12.3. The van der Waals surface area contributed by atoms with Crippen molar-refractivity contribution in [2.45, 2.75) is 31.1 Å². The fraction of sp³-hybridized carbons (Fsp3) is 0.462. The summed E-state index contributed by atoms with van der Waals surface area (Å²) in [6.45, 7) is 3.88. The van der Waals surface area contributed by atoms with Crippen LogP contribution in [0, 0.1) is 5.82 Å². The summed E-state index contributed by atoms with van der Waals surface area (Å²) < 4.78 is 18.5. The van der Waals surface area contributed by atoms with Crippen LogP contribution in [0.2, 0.25) is 0 Å². The predicted molar refractivity (Wildman–Crippen MR) is 72.9 cm³/mol. The Balaban J connectivity index is 2.72. The molecule has 100 valence electrons. The molecule has 1 N–H and O–H groups in total. The minimum absolute atomic E-state index is 0.0200. The summed E-state index contributed by atoms with van der Waals surface area (Å²) in [5.74, 6) is -0.590. The van der Waals surface area contributed by atoms with Crippen LogP contribution in [0.4, 0.5) is 4.39 Å². The average molecular weight is 318 g/mol. The molecule has 2 atom stereocenters. The maximum atomic E-state index is 13.7. The van der Waals surface area contributed by atoms with Gasteiger partial charge in [-0.2, -0.15) is 0 Å². The Hall–Kier alpha value is -1.10. The van der Waals surface area contributed by atoms with Crippen molar-refractivity contribution < 1.29 is 13.9 Å². The van der Waals surface area contributed by atoms with Crippen LogP contribution >= 0.6 is 15.9 Å². The van der Waals surface area contributed by atoms with E-state index in [1.165, 1.54) is 19.2 Å². The Morgan fingerprint density at radius 1 is 1.50 bits per heavy atom. The van der Waals surface area contributed by atoms with Crippen molar-refractivity contribution in [1.29, 1.82) is 0 Å². The first-order valence-corrected chi connectivity index (χ1v) is 6.64. The minimum atomic E-state index is -0.578. The number of alkyl halides is 1. The van der Waals surface area contributed by atoms with Gasteiger partial charge in [-0.3, -0.25) is 4.79 Å². The number of methoxy groups -OCH3 is 1. The van der Waals surface area contributed by atoms with Crippen LogP contribution in [0.25, 0.3) is 0 Å². The number of rotatable bonds is 5. The number of hydrogen-bond acceptors (Lipinski definition) is 2. The van der Waals surface area contributed by atoms with E-state index in [9.17, 15) is 9.18 Å². The molecule has 0 aliphatic heterocycles. The lowest BCUT2D eigenvalue weighted by atomic mass is 10.1. The number of carbonyl (C=O) groups is 1. The van der Waals surface area contributed by atoms with Gasteiger partial charge in [0.25, 0.3) is 5.91 Å². The molecule has 0 radical (unpaired) electrons. The Kier molecular flexibility index (Phi) is 5.59. The maximum Gasteiger partial charge on any atom is 0.254 e. The number of hydrogen-bond donors (Lipinski definition) is 1. The fourth-order valence-corrected chi connectivity index (χ4v) is 2.22. The summed E-state index contributed by atoms with van der Waals surface area (Å²) in [5, 5.41) is 2.76. The normalized spacial score (nSPS) is 13.8. The topological polar surface area (TPSA) is 38.3 Å². The molecule has 0 fully saturated rings. The number of nitrogens with one attached hydrogen (secondary N) is 1. The third-order valence-corrected chi connectivity index (χ3v) is 2.85. The molecular weight excluding hydrogens is 301 g/mol. The standard InChI is InChI=1S/C13H17BrFNO2/c1-8(14)6-9(2)16-13(17)11-5-4-10(18-3)7-12(11)15/h4-5,7-9H,6H2,1-3H3,(H,16,17). The highest BCUT2D eigenvalue weighted by atomic mass is 79.9. The van der Waals surface area contributed by atoms with Crippen molar-refractivity contribution in [3.63, 3.8) is 0 Å². The first-order valence-electron chi connectivity index (χ1n) is 5.72. The molecule has 0 aliphatic carbocycles. The quantitative estimate of drug-likeness (QED) is 0.847. The summed E-state index contributed by atoms with van der Waals surface area (Å²) in [6, 6.07) is 4.17. The first kappa shape index (κ1) is 15.0. The van der Waals surface area contributed by atoms with Crippen LogP contribution in [-0.2, 0) is 0 Å². The SMILES string of the molecule is COc1ccc(C(=O)NC(C)CC(C)Br)c(F)c1. The second kappa shape index (κ2) is 6.73. The van der Waals surface area contributed by atoms with Crippen molar-refractivity contribution in [2.24, 2.45) is 0 Å². The van der Waals surface area contributed by atoms with E-state index < -0.39 is 11.7 Å². The zero-order chi connectivity index (χ0) is 13.7. The molecule has 5 heteroatoms. The number of carbonyl (C=O) groups excluding carboxylic acids is 1. The molecule has 0 aromatic heterocycles. The van der Waals surface area contributed by atoms with Crippen LogP contribution < -0.4 is 10.1 Å². The van der Waals surface area contributed by atoms with Crippen molar-refractivity contribution in [3.05, 3.63) is 29.6 Å². The molecule has 18 heavy (non-hydrogen) atoms. The maximum absolute atomic E-state index is 13.7. The van der Waals surface area contributed by atoms with E-state index in [0.717, 1.165) is 6.42 Å². The Morgan fingerprint density at radius 2 is 2.17 bits per heavy atom. The Bertz CT molecular complexity index is 423. The van der Waals surface area contributed by atoms with Gasteiger partial charge in [0.1, 0.15) is 11.6 Å². The molecule has 0 saturated heterocycles. The van der Waals surface area contributed by atoms with E-state index in [4.69, 9.17) is 4.74 Å². The lowest BCUT2D eigenvalue weighted by molar-refractivity contribution is 0.0934. The number of halogens is 2. The Labute approximate surface area is 115 Å². The van der Waals surface area contributed by atoms with Crippen LogP contribution in [0.15, 0.2) is 18.2 Å². The van der Waals surface area contributed by atoms with E-state index in [1.807, 2.05) is 13.8 Å².